The Balaban J connectivity index is 3.51. The molecule has 0 atom stereocenters. The molecule has 4 nitrogen and oxygen atoms in total. The third kappa shape index (κ3) is 2.02. The first-order chi connectivity index (χ1) is 5.24. The second-order valence-corrected chi connectivity index (χ2v) is 2.64. The maximum atomic E-state index is 10.8. The molecule has 56 valence electrons. The van der Waals surface area contributed by atoms with E-state index >= 15 is 0 Å². The molecule has 0 spiro atoms. The molecule has 1 aromatic rings. The monoisotopic (exact) mass is 186 g/mol. The van der Waals surface area contributed by atoms with Crippen molar-refractivity contribution in [1.29, 1.82) is 0 Å². The second kappa shape index (κ2) is 3.49. The van der Waals surface area contributed by atoms with Crippen molar-refractivity contribution in [2.24, 2.45) is 0 Å². The topological polar surface area (TPSA) is 65.7 Å². The molecule has 11 heavy (non-hydrogen) atoms. The zero-order valence-corrected chi connectivity index (χ0v) is 6.96. The van der Waals surface area contributed by atoms with E-state index in [0.29, 0.717) is 6.81 Å². The molecule has 2 N–H and O–H groups in total. The van der Waals surface area contributed by atoms with Crippen LogP contribution < -0.4 is 11.2 Å². The van der Waals surface area contributed by atoms with Gasteiger partial charge in [0.15, 0.2) is 0 Å². The fourth-order valence-electron chi connectivity index (χ4n) is 0.542. The number of nitrogens with one attached hydrogen (secondary N) is 2. The van der Waals surface area contributed by atoms with E-state index < -0.39 is 11.2 Å². The summed E-state index contributed by atoms with van der Waals surface area (Å²) < 4.78 is 0. The molecule has 6 heteroatoms. The molecule has 0 fully saturated rings. The summed E-state index contributed by atoms with van der Waals surface area (Å²) >= 11 is 4.54. The van der Waals surface area contributed by atoms with E-state index in [1.54, 1.807) is 0 Å². The summed E-state index contributed by atoms with van der Waals surface area (Å²) in [7, 11) is 0. The van der Waals surface area contributed by atoms with Crippen molar-refractivity contribution < 1.29 is 0 Å². The molecule has 0 aromatic carbocycles. The SMILES string of the molecule is O=c1[nH]cc(C#P=S)c(=O)[nH]1. The van der Waals surface area contributed by atoms with Crippen molar-refractivity contribution in [3.8, 4) is 5.63 Å². The van der Waals surface area contributed by atoms with Gasteiger partial charge in [0.25, 0.3) is 0 Å². The van der Waals surface area contributed by atoms with Crippen molar-refractivity contribution in [3.05, 3.63) is 32.6 Å². The Labute approximate surface area is 67.4 Å². The van der Waals surface area contributed by atoms with Crippen molar-refractivity contribution in [2.75, 3.05) is 0 Å². The summed E-state index contributed by atoms with van der Waals surface area (Å²) in [5.41, 5.74) is 1.85. The molecule has 0 unspecified atom stereocenters. The van der Waals surface area contributed by atoms with Crippen LogP contribution in [-0.2, 0) is 11.8 Å². The Morgan fingerprint density at radius 3 is 2.82 bits per heavy atom. The van der Waals surface area contributed by atoms with Gasteiger partial charge in [-0.1, -0.05) is 0 Å². The van der Waals surface area contributed by atoms with Gasteiger partial charge in [-0.3, -0.25) is 0 Å². The van der Waals surface area contributed by atoms with Gasteiger partial charge < -0.3 is 0 Å². The molecule has 1 rings (SSSR count). The second-order valence-electron chi connectivity index (χ2n) is 1.69. The molecule has 0 aliphatic rings. The Kier molecular flexibility index (Phi) is 2.60. The Bertz CT molecular complexity index is 469. The third-order valence-corrected chi connectivity index (χ3v) is 1.59. The summed E-state index contributed by atoms with van der Waals surface area (Å²) in [5.74, 6) is 0. The summed E-state index contributed by atoms with van der Waals surface area (Å²) in [6.45, 7) is 0.443. The Morgan fingerprint density at radius 1 is 1.55 bits per heavy atom. The van der Waals surface area contributed by atoms with Gasteiger partial charge in [0.2, 0.25) is 0 Å². The first-order valence-electron chi connectivity index (χ1n) is 2.64. The fourth-order valence-corrected chi connectivity index (χ4v) is 1.10. The minimum atomic E-state index is -0.526. The minimum absolute atomic E-state index is 0.265. The molecule has 0 saturated carbocycles. The van der Waals surface area contributed by atoms with Gasteiger partial charge in [-0.15, -0.1) is 0 Å². The summed E-state index contributed by atoms with van der Waals surface area (Å²) in [4.78, 5) is 25.7. The normalized spacial score (nSPS) is 8.73. The molecule has 1 aromatic heterocycles. The zero-order valence-electron chi connectivity index (χ0n) is 5.25. The summed E-state index contributed by atoms with van der Waals surface area (Å²) in [5, 5.41) is 0. The van der Waals surface area contributed by atoms with Crippen LogP contribution in [0.5, 0.6) is 0 Å². The van der Waals surface area contributed by atoms with Crippen molar-refractivity contribution in [2.45, 2.75) is 0 Å². The zero-order chi connectivity index (χ0) is 8.27. The Hall–Kier alpha value is -0.890. The number of aromatic nitrogens is 2. The number of hydrogen-bond acceptors (Lipinski definition) is 3. The van der Waals surface area contributed by atoms with Gasteiger partial charge in [-0.25, -0.2) is 0 Å². The van der Waals surface area contributed by atoms with Crippen LogP contribution in [0.15, 0.2) is 15.8 Å². The van der Waals surface area contributed by atoms with Crippen LogP contribution in [0.2, 0.25) is 0 Å². The fraction of sp³-hybridized carbons (Fsp3) is 0. The van der Waals surface area contributed by atoms with Gasteiger partial charge >= 0.3 is 66.8 Å². The van der Waals surface area contributed by atoms with Crippen LogP contribution in [0.1, 0.15) is 5.56 Å². The van der Waals surface area contributed by atoms with Crippen molar-refractivity contribution >= 4 is 18.6 Å². The molecular weight excluding hydrogens is 183 g/mol. The van der Waals surface area contributed by atoms with Crippen LogP contribution in [0.25, 0.3) is 0 Å². The molecule has 0 bridgehead atoms. The summed E-state index contributed by atoms with van der Waals surface area (Å²) in [6, 6.07) is 0. The van der Waals surface area contributed by atoms with Gasteiger partial charge in [0.05, 0.1) is 0 Å². The Morgan fingerprint density at radius 2 is 2.27 bits per heavy atom. The van der Waals surface area contributed by atoms with E-state index in [2.05, 4.69) is 22.4 Å². The van der Waals surface area contributed by atoms with Gasteiger partial charge in [0, 0.05) is 0 Å². The molecular formula is C5H3N2O2PS. The van der Waals surface area contributed by atoms with Crippen LogP contribution in [0.3, 0.4) is 0 Å². The van der Waals surface area contributed by atoms with Crippen molar-refractivity contribution in [1.82, 2.24) is 9.97 Å². The van der Waals surface area contributed by atoms with Crippen LogP contribution in [0.4, 0.5) is 0 Å². The predicted molar refractivity (Wildman–Crippen MR) is 45.0 cm³/mol. The van der Waals surface area contributed by atoms with Crippen LogP contribution in [-0.4, -0.2) is 9.97 Å². The van der Waals surface area contributed by atoms with E-state index in [-0.39, 0.29) is 5.56 Å². The van der Waals surface area contributed by atoms with E-state index in [1.165, 1.54) is 6.20 Å². The molecule has 1 heterocycles. The number of aromatic amines is 2. The molecule has 0 aliphatic heterocycles. The van der Waals surface area contributed by atoms with E-state index in [9.17, 15) is 9.59 Å². The van der Waals surface area contributed by atoms with Gasteiger partial charge in [-0.2, -0.15) is 0 Å². The first kappa shape index (κ1) is 8.21. The van der Waals surface area contributed by atoms with E-state index in [1.807, 2.05) is 4.98 Å². The molecule has 0 saturated heterocycles. The molecule has 0 aliphatic carbocycles. The number of H-pyrrole nitrogens is 2. The van der Waals surface area contributed by atoms with E-state index in [4.69, 9.17) is 0 Å². The van der Waals surface area contributed by atoms with E-state index in [0.717, 1.165) is 0 Å². The van der Waals surface area contributed by atoms with Crippen LogP contribution >= 0.6 is 6.81 Å². The maximum absolute atomic E-state index is 10.8. The first-order valence-corrected chi connectivity index (χ1v) is 4.55. The van der Waals surface area contributed by atoms with Crippen LogP contribution in [0, 0.1) is 5.63 Å². The average molecular weight is 186 g/mol. The number of rotatable bonds is 0. The van der Waals surface area contributed by atoms with Crippen molar-refractivity contribution in [3.63, 3.8) is 0 Å². The molecule has 0 amide bonds. The standard InChI is InChI=1S/C5H3N2O2PS/c8-4-3(2-10-11)1-6-5(9)7-4/h1H,(H2,6,7,8,9). The third-order valence-electron chi connectivity index (χ3n) is 0.985. The average Bonchev–Trinajstić information content (AvgIpc) is 1.95. The van der Waals surface area contributed by atoms with Gasteiger partial charge in [-0.05, 0) is 0 Å². The quantitative estimate of drug-likeness (QED) is 0.550. The predicted octanol–water partition coefficient (Wildman–Crippen LogP) is -0.221. The number of hydrogen-bond donors (Lipinski definition) is 2. The molecule has 0 radical (unpaired) electrons. The van der Waals surface area contributed by atoms with Gasteiger partial charge in [0.1, 0.15) is 0 Å². The summed E-state index contributed by atoms with van der Waals surface area (Å²) in [6.07, 6.45) is 1.28.